The molecule has 9 nitrogen and oxygen atoms in total. The van der Waals surface area contributed by atoms with E-state index in [0.717, 1.165) is 0 Å². The molecule has 1 saturated heterocycles. The van der Waals surface area contributed by atoms with Crippen molar-refractivity contribution in [3.8, 4) is 0 Å². The number of hydrogen-bond donors (Lipinski definition) is 3. The highest BCUT2D eigenvalue weighted by Gasteiger charge is 2.39. The van der Waals surface area contributed by atoms with E-state index in [9.17, 15) is 24.8 Å². The highest BCUT2D eigenvalue weighted by Crippen LogP contribution is 2.23. The van der Waals surface area contributed by atoms with E-state index in [-0.39, 0.29) is 42.6 Å². The summed E-state index contributed by atoms with van der Waals surface area (Å²) >= 11 is 4.36. The van der Waals surface area contributed by atoms with Crippen LogP contribution in [0, 0.1) is 10.1 Å². The molecular weight excluding hydrogens is 374 g/mol. The largest absolute Gasteiger partial charge is 0.445 e. The molecule has 1 fully saturated rings. The molecule has 2 amide bonds. The number of nitrogens with zero attached hydrogens (tertiary/aromatic N) is 2. The number of nitro benzene ring substituents is 1. The predicted molar refractivity (Wildman–Crippen MR) is 100 cm³/mol. The van der Waals surface area contributed by atoms with Crippen molar-refractivity contribution >= 4 is 30.3 Å². The minimum absolute atomic E-state index is 0.0476. The van der Waals surface area contributed by atoms with Crippen LogP contribution in [0.2, 0.25) is 0 Å². The van der Waals surface area contributed by atoms with E-state index in [4.69, 9.17) is 4.74 Å². The number of aliphatic hydroxyl groups is 1. The summed E-state index contributed by atoms with van der Waals surface area (Å²) in [5, 5.41) is 22.5. The Bertz CT molecular complexity index is 680. The number of nitrogens with one attached hydrogen (secondary N) is 1. The monoisotopic (exact) mass is 397 g/mol. The van der Waals surface area contributed by atoms with Crippen LogP contribution in [-0.4, -0.2) is 57.4 Å². The van der Waals surface area contributed by atoms with E-state index in [1.54, 1.807) is 0 Å². The number of nitro groups is 1. The maximum Gasteiger partial charge on any atom is 0.410 e. The van der Waals surface area contributed by atoms with Crippen molar-refractivity contribution in [3.05, 3.63) is 39.9 Å². The lowest BCUT2D eigenvalue weighted by Crippen LogP contribution is -2.49. The normalized spacial score (nSPS) is 20.2. The zero-order valence-electron chi connectivity index (χ0n) is 14.9. The molecule has 0 radical (unpaired) electrons. The molecule has 1 aliphatic heterocycles. The number of thiol groups is 1. The van der Waals surface area contributed by atoms with Gasteiger partial charge in [-0.15, -0.1) is 0 Å². The van der Waals surface area contributed by atoms with Gasteiger partial charge in [0.2, 0.25) is 5.91 Å². The average molecular weight is 397 g/mol. The van der Waals surface area contributed by atoms with Crippen molar-refractivity contribution in [3.63, 3.8) is 0 Å². The first-order chi connectivity index (χ1) is 12.8. The number of non-ortho nitro benzene ring substituents is 1. The van der Waals surface area contributed by atoms with Gasteiger partial charge in [-0.05, 0) is 30.5 Å². The number of hydrogen-bond acceptors (Lipinski definition) is 7. The minimum atomic E-state index is -0.711. The molecule has 0 saturated carbocycles. The van der Waals surface area contributed by atoms with E-state index in [2.05, 4.69) is 17.9 Å². The van der Waals surface area contributed by atoms with Crippen LogP contribution in [-0.2, 0) is 16.1 Å². The maximum absolute atomic E-state index is 12.4. The molecule has 0 aliphatic carbocycles. The summed E-state index contributed by atoms with van der Waals surface area (Å²) in [6, 6.07) is 4.60. The number of aliphatic hydroxyl groups excluding tert-OH is 1. The SMILES string of the molecule is CC[C@@H](CO)NC(=O)[C@@H]1C[C@H](S)CN1C(=O)OCc1ccc([N+](=O)[O-])cc1. The van der Waals surface area contributed by atoms with Crippen molar-refractivity contribution in [1.82, 2.24) is 10.2 Å². The van der Waals surface area contributed by atoms with E-state index >= 15 is 0 Å². The lowest BCUT2D eigenvalue weighted by Gasteiger charge is -2.25. The number of ether oxygens (including phenoxy) is 1. The number of benzene rings is 1. The van der Waals surface area contributed by atoms with Gasteiger partial charge in [0.25, 0.3) is 5.69 Å². The second-order valence-corrected chi connectivity index (χ2v) is 7.06. The van der Waals surface area contributed by atoms with Gasteiger partial charge >= 0.3 is 6.09 Å². The summed E-state index contributed by atoms with van der Waals surface area (Å²) in [7, 11) is 0. The Morgan fingerprint density at radius 2 is 2.11 bits per heavy atom. The Balaban J connectivity index is 1.96. The van der Waals surface area contributed by atoms with Crippen LogP contribution in [0.15, 0.2) is 24.3 Å². The van der Waals surface area contributed by atoms with Gasteiger partial charge in [0.05, 0.1) is 17.6 Å². The summed E-state index contributed by atoms with van der Waals surface area (Å²) in [6.07, 6.45) is 0.315. The van der Waals surface area contributed by atoms with Crippen LogP contribution >= 0.6 is 12.6 Å². The molecule has 2 N–H and O–H groups in total. The van der Waals surface area contributed by atoms with Crippen LogP contribution in [0.4, 0.5) is 10.5 Å². The summed E-state index contributed by atoms with van der Waals surface area (Å²) in [6.45, 7) is 1.88. The Morgan fingerprint density at radius 1 is 1.44 bits per heavy atom. The number of likely N-dealkylation sites (tertiary alicyclic amines) is 1. The summed E-state index contributed by atoms with van der Waals surface area (Å²) in [5.41, 5.74) is 0.552. The number of rotatable bonds is 7. The fraction of sp³-hybridized carbons (Fsp3) is 0.529. The summed E-state index contributed by atoms with van der Waals surface area (Å²) < 4.78 is 5.25. The zero-order valence-corrected chi connectivity index (χ0v) is 15.8. The number of carbonyl (C=O) groups excluding carboxylic acids is 2. The fourth-order valence-electron chi connectivity index (χ4n) is 2.78. The highest BCUT2D eigenvalue weighted by molar-refractivity contribution is 7.81. The van der Waals surface area contributed by atoms with Gasteiger partial charge in [-0.25, -0.2) is 4.79 Å². The highest BCUT2D eigenvalue weighted by atomic mass is 32.1. The van der Waals surface area contributed by atoms with Crippen molar-refractivity contribution in [2.45, 2.75) is 43.7 Å². The van der Waals surface area contributed by atoms with Crippen molar-refractivity contribution in [2.75, 3.05) is 13.2 Å². The molecule has 1 aliphatic rings. The quantitative estimate of drug-likeness (QED) is 0.364. The predicted octanol–water partition coefficient (Wildman–Crippen LogP) is 1.49. The van der Waals surface area contributed by atoms with Crippen LogP contribution in [0.5, 0.6) is 0 Å². The first kappa shape index (κ1) is 21.0. The van der Waals surface area contributed by atoms with Gasteiger partial charge in [-0.1, -0.05) is 6.92 Å². The molecule has 0 bridgehead atoms. The van der Waals surface area contributed by atoms with Gasteiger partial charge < -0.3 is 15.2 Å². The van der Waals surface area contributed by atoms with Crippen LogP contribution < -0.4 is 5.32 Å². The van der Waals surface area contributed by atoms with Crippen LogP contribution in [0.3, 0.4) is 0 Å². The maximum atomic E-state index is 12.4. The molecule has 3 atom stereocenters. The molecule has 148 valence electrons. The van der Waals surface area contributed by atoms with Gasteiger partial charge in [0.1, 0.15) is 12.6 Å². The number of amides is 2. The molecular formula is C17H23N3O6S. The van der Waals surface area contributed by atoms with E-state index in [1.165, 1.54) is 29.2 Å². The zero-order chi connectivity index (χ0) is 20.0. The molecule has 0 unspecified atom stereocenters. The first-order valence-corrected chi connectivity index (χ1v) is 9.13. The van der Waals surface area contributed by atoms with Crippen molar-refractivity contribution in [2.24, 2.45) is 0 Å². The van der Waals surface area contributed by atoms with Gasteiger partial charge in [-0.2, -0.15) is 12.6 Å². The van der Waals surface area contributed by atoms with Gasteiger partial charge in [0, 0.05) is 23.9 Å². The molecule has 1 aromatic rings. The number of carbonyl (C=O) groups is 2. The Hall–Kier alpha value is -2.33. The molecule has 27 heavy (non-hydrogen) atoms. The van der Waals surface area contributed by atoms with E-state index in [0.29, 0.717) is 18.4 Å². The third kappa shape index (κ3) is 5.57. The van der Waals surface area contributed by atoms with Crippen molar-refractivity contribution < 1.29 is 24.4 Å². The van der Waals surface area contributed by atoms with Crippen LogP contribution in [0.25, 0.3) is 0 Å². The minimum Gasteiger partial charge on any atom is -0.445 e. The second-order valence-electron chi connectivity index (χ2n) is 6.33. The van der Waals surface area contributed by atoms with Gasteiger partial charge in [-0.3, -0.25) is 19.8 Å². The average Bonchev–Trinajstić information content (AvgIpc) is 3.06. The lowest BCUT2D eigenvalue weighted by molar-refractivity contribution is -0.384. The summed E-state index contributed by atoms with van der Waals surface area (Å²) in [4.78, 5) is 36.3. The van der Waals surface area contributed by atoms with Gasteiger partial charge in [0.15, 0.2) is 0 Å². The van der Waals surface area contributed by atoms with Crippen molar-refractivity contribution in [1.29, 1.82) is 0 Å². The Morgan fingerprint density at radius 3 is 2.67 bits per heavy atom. The molecule has 2 rings (SSSR count). The molecule has 0 aromatic heterocycles. The van der Waals surface area contributed by atoms with Crippen LogP contribution in [0.1, 0.15) is 25.3 Å². The third-order valence-electron chi connectivity index (χ3n) is 4.39. The molecule has 1 heterocycles. The summed E-state index contributed by atoms with van der Waals surface area (Å²) in [5.74, 6) is -0.347. The lowest BCUT2D eigenvalue weighted by atomic mass is 10.1. The topological polar surface area (TPSA) is 122 Å². The fourth-order valence-corrected chi connectivity index (χ4v) is 3.16. The Kier molecular flexibility index (Phi) is 7.43. The molecule has 0 spiro atoms. The standard InChI is InChI=1S/C17H23N3O6S/c1-2-12(9-21)18-16(22)15-7-14(27)8-19(15)17(23)26-10-11-3-5-13(6-4-11)20(24)25/h3-6,12,14-15,21,27H,2,7-10H2,1H3,(H,18,22)/t12-,14-,15-/m0/s1. The third-order valence-corrected chi connectivity index (χ3v) is 4.76. The smallest absolute Gasteiger partial charge is 0.410 e. The first-order valence-electron chi connectivity index (χ1n) is 8.61. The van der Waals surface area contributed by atoms with E-state index < -0.39 is 17.1 Å². The van der Waals surface area contributed by atoms with E-state index in [1.807, 2.05) is 6.92 Å². The Labute approximate surface area is 162 Å². The molecule has 10 heteroatoms. The molecule has 1 aromatic carbocycles. The second kappa shape index (κ2) is 9.56.